The topological polar surface area (TPSA) is 70.5 Å². The number of rotatable bonds is 4. The fourth-order valence-corrected chi connectivity index (χ4v) is 3.86. The summed E-state index contributed by atoms with van der Waals surface area (Å²) in [4.78, 5) is 29.7. The monoisotopic (exact) mass is 330 g/mol. The Labute approximate surface area is 138 Å². The van der Waals surface area contributed by atoms with Gasteiger partial charge in [-0.2, -0.15) is 0 Å². The predicted octanol–water partition coefficient (Wildman–Crippen LogP) is 3.20. The van der Waals surface area contributed by atoms with Crippen LogP contribution in [0.15, 0.2) is 29.6 Å². The van der Waals surface area contributed by atoms with Gasteiger partial charge in [0.25, 0.3) is 5.91 Å². The number of benzene rings is 1. The summed E-state index contributed by atoms with van der Waals surface area (Å²) in [6, 6.07) is 7.71. The number of nitrogens with zero attached hydrogens (tertiary/aromatic N) is 2. The fourth-order valence-electron chi connectivity index (χ4n) is 2.97. The van der Waals surface area contributed by atoms with Crippen molar-refractivity contribution < 1.29 is 14.7 Å². The van der Waals surface area contributed by atoms with Crippen LogP contribution in [-0.4, -0.2) is 39.5 Å². The molecule has 0 spiro atoms. The molecule has 1 aromatic carbocycles. The summed E-state index contributed by atoms with van der Waals surface area (Å²) in [5.74, 6) is -1.03. The number of thiazole rings is 1. The SMILES string of the molecule is Cc1ccccc1-c1nc(C(=O)N2CCCC2CC(=O)O)cs1. The van der Waals surface area contributed by atoms with Crippen LogP contribution in [0.25, 0.3) is 10.6 Å². The molecule has 1 N–H and O–H groups in total. The molecule has 1 aliphatic rings. The number of hydrogen-bond acceptors (Lipinski definition) is 4. The van der Waals surface area contributed by atoms with Gasteiger partial charge >= 0.3 is 5.97 Å². The van der Waals surface area contributed by atoms with E-state index >= 15 is 0 Å². The summed E-state index contributed by atoms with van der Waals surface area (Å²) in [6.07, 6.45) is 1.59. The maximum absolute atomic E-state index is 12.6. The summed E-state index contributed by atoms with van der Waals surface area (Å²) < 4.78 is 0. The summed E-state index contributed by atoms with van der Waals surface area (Å²) in [5, 5.41) is 11.6. The lowest BCUT2D eigenvalue weighted by Crippen LogP contribution is -2.37. The van der Waals surface area contributed by atoms with Crippen LogP contribution in [0, 0.1) is 6.92 Å². The standard InChI is InChI=1S/C17H18N2O3S/c1-11-5-2-3-7-13(11)16-18-14(10-23-16)17(22)19-8-4-6-12(19)9-15(20)21/h2-3,5,7,10,12H,4,6,8-9H2,1H3,(H,20,21). The molecular weight excluding hydrogens is 312 g/mol. The van der Waals surface area contributed by atoms with Crippen LogP contribution in [0.5, 0.6) is 0 Å². The van der Waals surface area contributed by atoms with Crippen LogP contribution < -0.4 is 0 Å². The largest absolute Gasteiger partial charge is 0.481 e. The summed E-state index contributed by atoms with van der Waals surface area (Å²) in [7, 11) is 0. The lowest BCUT2D eigenvalue weighted by molar-refractivity contribution is -0.137. The zero-order valence-corrected chi connectivity index (χ0v) is 13.7. The molecule has 1 atom stereocenters. The van der Waals surface area contributed by atoms with E-state index in [9.17, 15) is 9.59 Å². The molecular formula is C17H18N2O3S. The van der Waals surface area contributed by atoms with Gasteiger partial charge in [-0.15, -0.1) is 11.3 Å². The lowest BCUT2D eigenvalue weighted by atomic mass is 10.1. The number of aliphatic carboxylic acids is 1. The van der Waals surface area contributed by atoms with Crippen molar-refractivity contribution in [3.05, 3.63) is 40.9 Å². The first kappa shape index (κ1) is 15.7. The molecule has 1 amide bonds. The Morgan fingerprint density at radius 2 is 2.17 bits per heavy atom. The minimum atomic E-state index is -0.867. The van der Waals surface area contributed by atoms with Crippen LogP contribution in [0.3, 0.4) is 0 Å². The average molecular weight is 330 g/mol. The molecule has 1 aromatic heterocycles. The molecule has 5 nitrogen and oxygen atoms in total. The Morgan fingerprint density at radius 1 is 1.39 bits per heavy atom. The predicted molar refractivity (Wildman–Crippen MR) is 88.6 cm³/mol. The third kappa shape index (κ3) is 3.27. The minimum Gasteiger partial charge on any atom is -0.481 e. The summed E-state index contributed by atoms with van der Waals surface area (Å²) >= 11 is 1.44. The van der Waals surface area contributed by atoms with E-state index in [1.54, 1.807) is 10.3 Å². The van der Waals surface area contributed by atoms with Crippen molar-refractivity contribution in [2.24, 2.45) is 0 Å². The number of aromatic nitrogens is 1. The van der Waals surface area contributed by atoms with E-state index in [1.807, 2.05) is 31.2 Å². The Hall–Kier alpha value is -2.21. The third-order valence-corrected chi connectivity index (χ3v) is 5.02. The zero-order valence-electron chi connectivity index (χ0n) is 12.9. The quantitative estimate of drug-likeness (QED) is 0.934. The normalized spacial score (nSPS) is 17.4. The van der Waals surface area contributed by atoms with Gasteiger partial charge in [-0.05, 0) is 25.3 Å². The van der Waals surface area contributed by atoms with Gasteiger partial charge < -0.3 is 10.0 Å². The van der Waals surface area contributed by atoms with Crippen LogP contribution in [0.4, 0.5) is 0 Å². The Morgan fingerprint density at radius 3 is 2.91 bits per heavy atom. The molecule has 0 aliphatic carbocycles. The molecule has 0 radical (unpaired) electrons. The molecule has 0 saturated carbocycles. The third-order valence-electron chi connectivity index (χ3n) is 4.15. The van der Waals surface area contributed by atoms with E-state index in [4.69, 9.17) is 5.11 Å². The highest BCUT2D eigenvalue weighted by atomic mass is 32.1. The van der Waals surface area contributed by atoms with Crippen LogP contribution >= 0.6 is 11.3 Å². The molecule has 1 saturated heterocycles. The number of carboxylic acid groups (broad SMARTS) is 1. The number of amides is 1. The van der Waals surface area contributed by atoms with Gasteiger partial charge in [0.05, 0.1) is 6.42 Å². The lowest BCUT2D eigenvalue weighted by Gasteiger charge is -2.22. The van der Waals surface area contributed by atoms with Crippen LogP contribution in [0.2, 0.25) is 0 Å². The second-order valence-electron chi connectivity index (χ2n) is 5.75. The van der Waals surface area contributed by atoms with E-state index in [-0.39, 0.29) is 18.4 Å². The molecule has 23 heavy (non-hydrogen) atoms. The zero-order chi connectivity index (χ0) is 16.4. The number of hydrogen-bond donors (Lipinski definition) is 1. The summed E-state index contributed by atoms with van der Waals surface area (Å²) in [6.45, 7) is 2.62. The molecule has 0 bridgehead atoms. The van der Waals surface area contributed by atoms with Gasteiger partial charge in [0, 0.05) is 23.5 Å². The van der Waals surface area contributed by atoms with Crippen LogP contribution in [-0.2, 0) is 4.79 Å². The highest BCUT2D eigenvalue weighted by Gasteiger charge is 2.32. The second-order valence-corrected chi connectivity index (χ2v) is 6.60. The van der Waals surface area contributed by atoms with Crippen molar-refractivity contribution >= 4 is 23.2 Å². The number of aryl methyl sites for hydroxylation is 1. The highest BCUT2D eigenvalue weighted by molar-refractivity contribution is 7.13. The van der Waals surface area contributed by atoms with E-state index in [1.165, 1.54) is 11.3 Å². The van der Waals surface area contributed by atoms with Gasteiger partial charge in [0.15, 0.2) is 0 Å². The number of carbonyl (C=O) groups excluding carboxylic acids is 1. The Kier molecular flexibility index (Phi) is 4.43. The van der Waals surface area contributed by atoms with Gasteiger partial charge in [-0.3, -0.25) is 9.59 Å². The number of carboxylic acids is 1. The first-order valence-electron chi connectivity index (χ1n) is 7.60. The van der Waals surface area contributed by atoms with Crippen molar-refractivity contribution in [1.29, 1.82) is 0 Å². The first-order chi connectivity index (χ1) is 11.1. The van der Waals surface area contributed by atoms with Crippen molar-refractivity contribution in [3.8, 4) is 10.6 Å². The van der Waals surface area contributed by atoms with Gasteiger partial charge in [-0.25, -0.2) is 4.98 Å². The molecule has 1 fully saturated rings. The Balaban J connectivity index is 1.81. The first-order valence-corrected chi connectivity index (χ1v) is 8.48. The van der Waals surface area contributed by atoms with Crippen LogP contribution in [0.1, 0.15) is 35.3 Å². The molecule has 120 valence electrons. The van der Waals surface area contributed by atoms with E-state index < -0.39 is 5.97 Å². The highest BCUT2D eigenvalue weighted by Crippen LogP contribution is 2.28. The van der Waals surface area contributed by atoms with E-state index in [0.717, 1.165) is 29.0 Å². The van der Waals surface area contributed by atoms with Crippen molar-refractivity contribution in [2.75, 3.05) is 6.54 Å². The minimum absolute atomic E-state index is 0.000524. The van der Waals surface area contributed by atoms with E-state index in [0.29, 0.717) is 12.2 Å². The maximum Gasteiger partial charge on any atom is 0.305 e. The Bertz CT molecular complexity index is 741. The molecule has 3 rings (SSSR count). The molecule has 1 unspecified atom stereocenters. The van der Waals surface area contributed by atoms with Crippen molar-refractivity contribution in [2.45, 2.75) is 32.2 Å². The molecule has 1 aliphatic heterocycles. The van der Waals surface area contributed by atoms with Crippen molar-refractivity contribution in [1.82, 2.24) is 9.88 Å². The molecule has 2 aromatic rings. The van der Waals surface area contributed by atoms with E-state index in [2.05, 4.69) is 4.98 Å². The number of carbonyl (C=O) groups is 2. The fraction of sp³-hybridized carbons (Fsp3) is 0.353. The van der Waals surface area contributed by atoms with Gasteiger partial charge in [-0.1, -0.05) is 24.3 Å². The van der Waals surface area contributed by atoms with Gasteiger partial charge in [0.2, 0.25) is 0 Å². The molecule has 6 heteroatoms. The average Bonchev–Trinajstić information content (AvgIpc) is 3.16. The summed E-state index contributed by atoms with van der Waals surface area (Å²) in [5.41, 5.74) is 2.55. The van der Waals surface area contributed by atoms with Gasteiger partial charge in [0.1, 0.15) is 10.7 Å². The smallest absolute Gasteiger partial charge is 0.305 e. The van der Waals surface area contributed by atoms with Crippen molar-refractivity contribution in [3.63, 3.8) is 0 Å². The number of likely N-dealkylation sites (tertiary alicyclic amines) is 1. The molecule has 2 heterocycles. The second kappa shape index (κ2) is 6.50. The maximum atomic E-state index is 12.6.